The van der Waals surface area contributed by atoms with Crippen LogP contribution in [0.1, 0.15) is 18.5 Å². The SMILES string of the molecule is CC(N)c1cccc2c1c(Cl)cn2C. The van der Waals surface area contributed by atoms with Crippen LogP contribution < -0.4 is 5.73 Å². The van der Waals surface area contributed by atoms with Crippen molar-refractivity contribution in [2.24, 2.45) is 12.8 Å². The van der Waals surface area contributed by atoms with Gasteiger partial charge in [0.25, 0.3) is 0 Å². The zero-order chi connectivity index (χ0) is 10.3. The van der Waals surface area contributed by atoms with Crippen molar-refractivity contribution in [3.05, 3.63) is 35.0 Å². The number of benzene rings is 1. The smallest absolute Gasteiger partial charge is 0.0664 e. The highest BCUT2D eigenvalue weighted by atomic mass is 35.5. The molecule has 1 atom stereocenters. The number of nitrogens with two attached hydrogens (primary N) is 1. The van der Waals surface area contributed by atoms with Gasteiger partial charge < -0.3 is 10.3 Å². The second kappa shape index (κ2) is 3.30. The fraction of sp³-hybridized carbons (Fsp3) is 0.273. The van der Waals surface area contributed by atoms with Gasteiger partial charge in [-0.1, -0.05) is 23.7 Å². The minimum Gasteiger partial charge on any atom is -0.349 e. The van der Waals surface area contributed by atoms with Crippen LogP contribution in [0.5, 0.6) is 0 Å². The second-order valence-electron chi connectivity index (χ2n) is 3.62. The van der Waals surface area contributed by atoms with Crippen LogP contribution in [0, 0.1) is 0 Å². The van der Waals surface area contributed by atoms with Crippen molar-refractivity contribution in [1.82, 2.24) is 4.57 Å². The molecule has 2 rings (SSSR count). The first-order valence-corrected chi connectivity index (χ1v) is 4.98. The molecular weight excluding hydrogens is 196 g/mol. The van der Waals surface area contributed by atoms with Crippen LogP contribution in [0.15, 0.2) is 24.4 Å². The van der Waals surface area contributed by atoms with Crippen LogP contribution in [0.25, 0.3) is 10.9 Å². The van der Waals surface area contributed by atoms with Crippen molar-refractivity contribution >= 4 is 22.5 Å². The fourth-order valence-corrected chi connectivity index (χ4v) is 2.15. The highest BCUT2D eigenvalue weighted by molar-refractivity contribution is 6.36. The van der Waals surface area contributed by atoms with E-state index in [-0.39, 0.29) is 6.04 Å². The lowest BCUT2D eigenvalue weighted by Crippen LogP contribution is -2.05. The summed E-state index contributed by atoms with van der Waals surface area (Å²) in [6, 6.07) is 6.10. The Balaban J connectivity index is 2.85. The van der Waals surface area contributed by atoms with Gasteiger partial charge in [-0.15, -0.1) is 0 Å². The van der Waals surface area contributed by atoms with Gasteiger partial charge in [-0.25, -0.2) is 0 Å². The molecule has 1 aromatic carbocycles. The third-order valence-corrected chi connectivity index (χ3v) is 2.78. The Morgan fingerprint density at radius 1 is 1.43 bits per heavy atom. The lowest BCUT2D eigenvalue weighted by molar-refractivity contribution is 0.826. The molecule has 2 N–H and O–H groups in total. The molecule has 1 unspecified atom stereocenters. The molecule has 0 bridgehead atoms. The van der Waals surface area contributed by atoms with Gasteiger partial charge in [-0.3, -0.25) is 0 Å². The van der Waals surface area contributed by atoms with E-state index < -0.39 is 0 Å². The first-order valence-electron chi connectivity index (χ1n) is 4.60. The van der Waals surface area contributed by atoms with E-state index in [9.17, 15) is 0 Å². The van der Waals surface area contributed by atoms with Crippen LogP contribution in [0.3, 0.4) is 0 Å². The summed E-state index contributed by atoms with van der Waals surface area (Å²) in [5, 5.41) is 1.85. The molecule has 0 radical (unpaired) electrons. The maximum Gasteiger partial charge on any atom is 0.0664 e. The number of rotatable bonds is 1. The lowest BCUT2D eigenvalue weighted by Gasteiger charge is -2.07. The van der Waals surface area contributed by atoms with E-state index in [2.05, 4.69) is 0 Å². The average molecular weight is 209 g/mol. The molecule has 0 saturated heterocycles. The van der Waals surface area contributed by atoms with Gasteiger partial charge in [0.1, 0.15) is 0 Å². The highest BCUT2D eigenvalue weighted by Crippen LogP contribution is 2.30. The first-order chi connectivity index (χ1) is 6.61. The van der Waals surface area contributed by atoms with E-state index in [1.807, 2.05) is 42.9 Å². The third kappa shape index (κ3) is 1.31. The maximum absolute atomic E-state index is 6.15. The van der Waals surface area contributed by atoms with E-state index in [1.165, 1.54) is 0 Å². The lowest BCUT2D eigenvalue weighted by atomic mass is 10.0. The zero-order valence-corrected chi connectivity index (χ0v) is 9.05. The van der Waals surface area contributed by atoms with E-state index >= 15 is 0 Å². The summed E-state index contributed by atoms with van der Waals surface area (Å²) in [4.78, 5) is 0. The molecule has 0 saturated carbocycles. The molecule has 0 aliphatic rings. The van der Waals surface area contributed by atoms with Gasteiger partial charge in [0.05, 0.1) is 5.02 Å². The predicted molar refractivity (Wildman–Crippen MR) is 60.5 cm³/mol. The molecular formula is C11H13ClN2. The van der Waals surface area contributed by atoms with Crippen LogP contribution >= 0.6 is 11.6 Å². The Bertz CT molecular complexity index is 471. The normalized spacial score (nSPS) is 13.4. The van der Waals surface area contributed by atoms with E-state index in [1.54, 1.807) is 0 Å². The second-order valence-corrected chi connectivity index (χ2v) is 4.03. The quantitative estimate of drug-likeness (QED) is 0.768. The summed E-state index contributed by atoms with van der Waals surface area (Å²) >= 11 is 6.15. The number of fused-ring (bicyclic) bond motifs is 1. The monoisotopic (exact) mass is 208 g/mol. The van der Waals surface area contributed by atoms with Gasteiger partial charge in [-0.05, 0) is 18.6 Å². The largest absolute Gasteiger partial charge is 0.349 e. The Morgan fingerprint density at radius 2 is 2.14 bits per heavy atom. The Morgan fingerprint density at radius 3 is 2.79 bits per heavy atom. The van der Waals surface area contributed by atoms with Crippen LogP contribution in [-0.2, 0) is 7.05 Å². The standard InChI is InChI=1S/C11H13ClN2/c1-7(13)8-4-3-5-10-11(8)9(12)6-14(10)2/h3-7H,13H2,1-2H3. The van der Waals surface area contributed by atoms with Crippen molar-refractivity contribution in [2.75, 3.05) is 0 Å². The topological polar surface area (TPSA) is 30.9 Å². The van der Waals surface area contributed by atoms with Crippen LogP contribution in [-0.4, -0.2) is 4.57 Å². The predicted octanol–water partition coefficient (Wildman–Crippen LogP) is 2.85. The Labute approximate surface area is 88.3 Å². The van der Waals surface area contributed by atoms with E-state index in [0.717, 1.165) is 21.5 Å². The molecule has 2 nitrogen and oxygen atoms in total. The molecule has 14 heavy (non-hydrogen) atoms. The van der Waals surface area contributed by atoms with Gasteiger partial charge >= 0.3 is 0 Å². The Hall–Kier alpha value is -0.990. The molecule has 0 aliphatic carbocycles. The highest BCUT2D eigenvalue weighted by Gasteiger charge is 2.11. The minimum atomic E-state index is 0.0126. The van der Waals surface area contributed by atoms with Crippen molar-refractivity contribution in [3.63, 3.8) is 0 Å². The maximum atomic E-state index is 6.15. The molecule has 74 valence electrons. The minimum absolute atomic E-state index is 0.0126. The van der Waals surface area contributed by atoms with Gasteiger partial charge in [0.2, 0.25) is 0 Å². The van der Waals surface area contributed by atoms with Gasteiger partial charge in [0.15, 0.2) is 0 Å². The van der Waals surface area contributed by atoms with Crippen LogP contribution in [0.2, 0.25) is 5.02 Å². The number of hydrogen-bond acceptors (Lipinski definition) is 1. The number of halogens is 1. The summed E-state index contributed by atoms with van der Waals surface area (Å²) < 4.78 is 2.02. The van der Waals surface area contributed by atoms with Crippen molar-refractivity contribution in [3.8, 4) is 0 Å². The molecule has 0 aliphatic heterocycles. The molecule has 3 heteroatoms. The molecule has 1 heterocycles. The van der Waals surface area contributed by atoms with Gasteiger partial charge in [-0.2, -0.15) is 0 Å². The van der Waals surface area contributed by atoms with Crippen molar-refractivity contribution in [2.45, 2.75) is 13.0 Å². The van der Waals surface area contributed by atoms with E-state index in [4.69, 9.17) is 17.3 Å². The number of aryl methyl sites for hydroxylation is 1. The molecule has 1 aromatic heterocycles. The summed E-state index contributed by atoms with van der Waals surface area (Å²) in [7, 11) is 1.99. The molecule has 0 fully saturated rings. The van der Waals surface area contributed by atoms with Crippen molar-refractivity contribution in [1.29, 1.82) is 0 Å². The van der Waals surface area contributed by atoms with Gasteiger partial charge in [0, 0.05) is 30.2 Å². The summed E-state index contributed by atoms with van der Waals surface area (Å²) in [5.74, 6) is 0. The average Bonchev–Trinajstić information content (AvgIpc) is 2.43. The molecule has 0 spiro atoms. The summed E-state index contributed by atoms with van der Waals surface area (Å²) in [6.07, 6.45) is 1.91. The molecule has 2 aromatic rings. The first kappa shape index (κ1) is 9.56. The summed E-state index contributed by atoms with van der Waals surface area (Å²) in [5.41, 5.74) is 8.12. The zero-order valence-electron chi connectivity index (χ0n) is 8.29. The number of hydrogen-bond donors (Lipinski definition) is 1. The third-order valence-electron chi connectivity index (χ3n) is 2.49. The summed E-state index contributed by atoms with van der Waals surface area (Å²) in [6.45, 7) is 1.97. The van der Waals surface area contributed by atoms with Crippen molar-refractivity contribution < 1.29 is 0 Å². The molecule has 0 amide bonds. The van der Waals surface area contributed by atoms with Crippen LogP contribution in [0.4, 0.5) is 0 Å². The van der Waals surface area contributed by atoms with E-state index in [0.29, 0.717) is 0 Å². The Kier molecular flexibility index (Phi) is 2.25. The number of nitrogens with zero attached hydrogens (tertiary/aromatic N) is 1. The fourth-order valence-electron chi connectivity index (χ4n) is 1.80. The number of aromatic nitrogens is 1.